The molecular formula is C12H26N2. The summed E-state index contributed by atoms with van der Waals surface area (Å²) in [6, 6.07) is 0.409. The molecule has 0 aromatic heterocycles. The second-order valence-corrected chi connectivity index (χ2v) is 4.95. The van der Waals surface area contributed by atoms with Crippen LogP contribution in [0, 0.1) is 0 Å². The molecule has 2 heteroatoms. The van der Waals surface area contributed by atoms with Gasteiger partial charge in [0.05, 0.1) is 0 Å². The maximum atomic E-state index is 6.03. The summed E-state index contributed by atoms with van der Waals surface area (Å²) < 4.78 is 0. The van der Waals surface area contributed by atoms with Crippen molar-refractivity contribution in [1.82, 2.24) is 4.90 Å². The van der Waals surface area contributed by atoms with Gasteiger partial charge >= 0.3 is 0 Å². The van der Waals surface area contributed by atoms with Crippen molar-refractivity contribution in [2.24, 2.45) is 5.73 Å². The van der Waals surface area contributed by atoms with Gasteiger partial charge in [0.2, 0.25) is 0 Å². The molecule has 1 aliphatic rings. The Labute approximate surface area is 88.8 Å². The van der Waals surface area contributed by atoms with E-state index in [-0.39, 0.29) is 0 Å². The Hall–Kier alpha value is -0.0800. The molecule has 0 aliphatic carbocycles. The number of likely N-dealkylation sites (tertiary alicyclic amines) is 1. The maximum Gasteiger partial charge on any atom is 0.0179 e. The van der Waals surface area contributed by atoms with Crippen molar-refractivity contribution in [2.75, 3.05) is 13.1 Å². The first-order valence-electron chi connectivity index (χ1n) is 6.13. The first-order valence-corrected chi connectivity index (χ1v) is 6.13. The van der Waals surface area contributed by atoms with Crippen LogP contribution in [0.1, 0.15) is 52.9 Å². The van der Waals surface area contributed by atoms with Gasteiger partial charge in [-0.25, -0.2) is 0 Å². The quantitative estimate of drug-likeness (QED) is 0.751. The smallest absolute Gasteiger partial charge is 0.0179 e. The minimum atomic E-state index is 0.396. The number of hydrogen-bond donors (Lipinski definition) is 1. The predicted octanol–water partition coefficient (Wildman–Crippen LogP) is 2.38. The van der Waals surface area contributed by atoms with Gasteiger partial charge in [-0.3, -0.25) is 4.90 Å². The number of nitrogens with two attached hydrogens (primary N) is 1. The van der Waals surface area contributed by atoms with Crippen molar-refractivity contribution in [1.29, 1.82) is 0 Å². The number of hydrogen-bond acceptors (Lipinski definition) is 2. The summed E-state index contributed by atoms with van der Waals surface area (Å²) in [5.74, 6) is 0. The molecule has 0 bridgehead atoms. The Kier molecular flexibility index (Phi) is 4.39. The molecule has 0 aromatic rings. The highest BCUT2D eigenvalue weighted by molar-refractivity contribution is 4.89. The molecule has 1 rings (SSSR count). The highest BCUT2D eigenvalue weighted by Crippen LogP contribution is 2.27. The van der Waals surface area contributed by atoms with E-state index in [1.807, 2.05) is 0 Å². The van der Waals surface area contributed by atoms with E-state index in [1.165, 1.54) is 38.6 Å². The molecule has 0 saturated carbocycles. The van der Waals surface area contributed by atoms with Gasteiger partial charge in [-0.15, -0.1) is 0 Å². The second kappa shape index (κ2) is 5.13. The van der Waals surface area contributed by atoms with E-state index in [2.05, 4.69) is 25.7 Å². The van der Waals surface area contributed by atoms with E-state index in [0.717, 1.165) is 6.54 Å². The molecule has 14 heavy (non-hydrogen) atoms. The first kappa shape index (κ1) is 12.0. The van der Waals surface area contributed by atoms with Gasteiger partial charge in [-0.1, -0.05) is 20.3 Å². The summed E-state index contributed by atoms with van der Waals surface area (Å²) in [6.45, 7) is 9.32. The molecule has 2 nitrogen and oxygen atoms in total. The van der Waals surface area contributed by atoms with Gasteiger partial charge in [0, 0.05) is 18.1 Å². The van der Waals surface area contributed by atoms with Crippen LogP contribution in [0.3, 0.4) is 0 Å². The summed E-state index contributed by atoms with van der Waals surface area (Å²) in [7, 11) is 0. The average Bonchev–Trinajstić information content (AvgIpc) is 2.18. The maximum absolute atomic E-state index is 6.03. The Bertz CT molecular complexity index is 170. The van der Waals surface area contributed by atoms with Crippen LogP contribution >= 0.6 is 0 Å². The standard InChI is InChI=1S/C12H26N2/c1-4-8-12(3,5-2)14-9-6-7-11(13)10-14/h11H,4-10,13H2,1-3H3. The topological polar surface area (TPSA) is 29.3 Å². The van der Waals surface area contributed by atoms with Crippen molar-refractivity contribution >= 4 is 0 Å². The highest BCUT2D eigenvalue weighted by atomic mass is 15.2. The summed E-state index contributed by atoms with van der Waals surface area (Å²) in [5, 5.41) is 0. The molecule has 84 valence electrons. The van der Waals surface area contributed by atoms with E-state index < -0.39 is 0 Å². The normalized spacial score (nSPS) is 28.7. The highest BCUT2D eigenvalue weighted by Gasteiger charge is 2.31. The molecule has 2 unspecified atom stereocenters. The van der Waals surface area contributed by atoms with E-state index in [4.69, 9.17) is 5.73 Å². The van der Waals surface area contributed by atoms with E-state index in [1.54, 1.807) is 0 Å². The van der Waals surface area contributed by atoms with Gasteiger partial charge in [-0.2, -0.15) is 0 Å². The molecular weight excluding hydrogens is 172 g/mol. The summed E-state index contributed by atoms with van der Waals surface area (Å²) >= 11 is 0. The molecule has 0 radical (unpaired) electrons. The van der Waals surface area contributed by atoms with Crippen LogP contribution in [0.2, 0.25) is 0 Å². The Morgan fingerprint density at radius 2 is 2.14 bits per heavy atom. The fourth-order valence-electron chi connectivity index (χ4n) is 2.60. The minimum Gasteiger partial charge on any atom is -0.327 e. The van der Waals surface area contributed by atoms with Gasteiger partial charge in [0.1, 0.15) is 0 Å². The summed E-state index contributed by atoms with van der Waals surface area (Å²) in [4.78, 5) is 2.62. The van der Waals surface area contributed by atoms with Crippen LogP contribution in [0.4, 0.5) is 0 Å². The van der Waals surface area contributed by atoms with E-state index in [9.17, 15) is 0 Å². The van der Waals surface area contributed by atoms with Crippen molar-refractivity contribution in [3.8, 4) is 0 Å². The van der Waals surface area contributed by atoms with Gasteiger partial charge in [0.25, 0.3) is 0 Å². The van der Waals surface area contributed by atoms with Crippen LogP contribution in [0.5, 0.6) is 0 Å². The molecule has 0 aromatic carbocycles. The predicted molar refractivity (Wildman–Crippen MR) is 62.4 cm³/mol. The molecule has 2 N–H and O–H groups in total. The zero-order valence-corrected chi connectivity index (χ0v) is 10.1. The van der Waals surface area contributed by atoms with Crippen molar-refractivity contribution in [3.63, 3.8) is 0 Å². The van der Waals surface area contributed by atoms with Crippen molar-refractivity contribution < 1.29 is 0 Å². The molecule has 1 heterocycles. The molecule has 0 spiro atoms. The van der Waals surface area contributed by atoms with Gasteiger partial charge in [-0.05, 0) is 39.2 Å². The van der Waals surface area contributed by atoms with Crippen LogP contribution in [0.25, 0.3) is 0 Å². The second-order valence-electron chi connectivity index (χ2n) is 4.95. The van der Waals surface area contributed by atoms with Gasteiger partial charge < -0.3 is 5.73 Å². The Balaban J connectivity index is 2.58. The minimum absolute atomic E-state index is 0.396. The third-order valence-electron chi connectivity index (χ3n) is 3.77. The zero-order chi connectivity index (χ0) is 10.6. The lowest BCUT2D eigenvalue weighted by molar-refractivity contribution is 0.0606. The lowest BCUT2D eigenvalue weighted by Crippen LogP contribution is -2.53. The molecule has 1 fully saturated rings. The molecule has 1 saturated heterocycles. The van der Waals surface area contributed by atoms with Crippen molar-refractivity contribution in [3.05, 3.63) is 0 Å². The summed E-state index contributed by atoms with van der Waals surface area (Å²) in [6.07, 6.45) is 6.31. The van der Waals surface area contributed by atoms with Crippen LogP contribution in [-0.2, 0) is 0 Å². The van der Waals surface area contributed by atoms with Crippen LogP contribution in [0.15, 0.2) is 0 Å². The largest absolute Gasteiger partial charge is 0.327 e. The lowest BCUT2D eigenvalue weighted by Gasteiger charge is -2.45. The number of rotatable bonds is 4. The third kappa shape index (κ3) is 2.71. The average molecular weight is 198 g/mol. The van der Waals surface area contributed by atoms with Crippen LogP contribution < -0.4 is 5.73 Å². The van der Waals surface area contributed by atoms with E-state index >= 15 is 0 Å². The number of piperidine rings is 1. The number of nitrogens with zero attached hydrogens (tertiary/aromatic N) is 1. The Morgan fingerprint density at radius 1 is 1.43 bits per heavy atom. The molecule has 1 aliphatic heterocycles. The van der Waals surface area contributed by atoms with Gasteiger partial charge in [0.15, 0.2) is 0 Å². The first-order chi connectivity index (χ1) is 6.62. The van der Waals surface area contributed by atoms with E-state index in [0.29, 0.717) is 11.6 Å². The fourth-order valence-corrected chi connectivity index (χ4v) is 2.60. The van der Waals surface area contributed by atoms with Crippen LogP contribution in [-0.4, -0.2) is 29.6 Å². The lowest BCUT2D eigenvalue weighted by atomic mass is 9.88. The Morgan fingerprint density at radius 3 is 2.64 bits per heavy atom. The summed E-state index contributed by atoms with van der Waals surface area (Å²) in [5.41, 5.74) is 6.43. The SMILES string of the molecule is CCCC(C)(CC)N1CCCC(N)C1. The monoisotopic (exact) mass is 198 g/mol. The molecule has 2 atom stereocenters. The van der Waals surface area contributed by atoms with Crippen molar-refractivity contribution in [2.45, 2.75) is 64.5 Å². The molecule has 0 amide bonds. The third-order valence-corrected chi connectivity index (χ3v) is 3.77. The fraction of sp³-hybridized carbons (Fsp3) is 1.00. The zero-order valence-electron chi connectivity index (χ0n) is 10.1.